The molecule has 0 spiro atoms. The molecule has 4 N–H and O–H groups in total. The van der Waals surface area contributed by atoms with Crippen LogP contribution < -0.4 is 15.2 Å². The third-order valence-electron chi connectivity index (χ3n) is 2.82. The average molecular weight is 349 g/mol. The van der Waals surface area contributed by atoms with Crippen molar-refractivity contribution in [1.82, 2.24) is 10.0 Å². The summed E-state index contributed by atoms with van der Waals surface area (Å²) in [6.07, 6.45) is 0.483. The number of carbonyl (C=O) groups is 1. The zero-order valence-electron chi connectivity index (χ0n) is 12.1. The minimum Gasteiger partial charge on any atom is -0.355 e. The van der Waals surface area contributed by atoms with E-state index in [1.54, 1.807) is 12.1 Å². The van der Waals surface area contributed by atoms with Gasteiger partial charge in [0.1, 0.15) is 0 Å². The van der Waals surface area contributed by atoms with Gasteiger partial charge in [-0.05, 0) is 31.0 Å². The number of primary sulfonamides is 1. The lowest BCUT2D eigenvalue weighted by Gasteiger charge is -2.07. The van der Waals surface area contributed by atoms with Crippen molar-refractivity contribution in [3.05, 3.63) is 29.8 Å². The highest BCUT2D eigenvalue weighted by Crippen LogP contribution is 2.08. The Kier molecular flexibility index (Phi) is 6.48. The fourth-order valence-corrected chi connectivity index (χ4v) is 2.60. The molecule has 0 aliphatic heterocycles. The third kappa shape index (κ3) is 6.52. The van der Waals surface area contributed by atoms with Gasteiger partial charge in [0.05, 0.1) is 17.2 Å². The molecule has 0 heterocycles. The SMILES string of the molecule is CCS(=O)(=O)NCC(=O)NCCc1ccc(S(N)(=O)=O)cc1. The number of nitrogens with two attached hydrogens (primary N) is 1. The number of sulfonamides is 2. The predicted octanol–water partition coefficient (Wildman–Crippen LogP) is -1.07. The molecule has 0 aliphatic rings. The van der Waals surface area contributed by atoms with Crippen LogP contribution in [0.25, 0.3) is 0 Å². The van der Waals surface area contributed by atoms with E-state index in [4.69, 9.17) is 5.14 Å². The van der Waals surface area contributed by atoms with Gasteiger partial charge in [-0.3, -0.25) is 4.79 Å². The van der Waals surface area contributed by atoms with E-state index in [1.165, 1.54) is 19.1 Å². The number of nitrogens with one attached hydrogen (secondary N) is 2. The normalized spacial score (nSPS) is 12.1. The van der Waals surface area contributed by atoms with Crippen LogP contribution in [0.1, 0.15) is 12.5 Å². The van der Waals surface area contributed by atoms with Gasteiger partial charge < -0.3 is 5.32 Å². The van der Waals surface area contributed by atoms with Gasteiger partial charge >= 0.3 is 0 Å². The summed E-state index contributed by atoms with van der Waals surface area (Å²) >= 11 is 0. The van der Waals surface area contributed by atoms with Gasteiger partial charge in [-0.25, -0.2) is 26.7 Å². The number of benzene rings is 1. The molecule has 1 rings (SSSR count). The molecule has 8 nitrogen and oxygen atoms in total. The van der Waals surface area contributed by atoms with Crippen molar-refractivity contribution in [2.45, 2.75) is 18.2 Å². The summed E-state index contributed by atoms with van der Waals surface area (Å²) in [5.41, 5.74) is 0.821. The fourth-order valence-electron chi connectivity index (χ4n) is 1.53. The van der Waals surface area contributed by atoms with E-state index in [1.807, 2.05) is 0 Å². The molecule has 0 radical (unpaired) electrons. The second kappa shape index (κ2) is 7.68. The Hall–Kier alpha value is -1.49. The van der Waals surface area contributed by atoms with Gasteiger partial charge in [0, 0.05) is 6.54 Å². The Balaban J connectivity index is 2.40. The van der Waals surface area contributed by atoms with Gasteiger partial charge in [0.15, 0.2) is 0 Å². The van der Waals surface area contributed by atoms with Crippen molar-refractivity contribution in [3.63, 3.8) is 0 Å². The molecule has 1 aromatic carbocycles. The van der Waals surface area contributed by atoms with Crippen molar-refractivity contribution in [3.8, 4) is 0 Å². The van der Waals surface area contributed by atoms with Gasteiger partial charge in [0.25, 0.3) is 0 Å². The second-order valence-electron chi connectivity index (χ2n) is 4.51. The number of amides is 1. The Labute approximate surface area is 130 Å². The maximum absolute atomic E-state index is 11.4. The van der Waals surface area contributed by atoms with Crippen LogP contribution in [0.2, 0.25) is 0 Å². The zero-order valence-corrected chi connectivity index (χ0v) is 13.7. The molecule has 0 saturated carbocycles. The minimum atomic E-state index is -3.71. The molecule has 1 aromatic rings. The van der Waals surface area contributed by atoms with Gasteiger partial charge in [-0.15, -0.1) is 0 Å². The van der Waals surface area contributed by atoms with E-state index in [0.717, 1.165) is 5.56 Å². The molecule has 0 atom stereocenters. The first-order chi connectivity index (χ1) is 10.1. The number of rotatable bonds is 8. The number of hydrogen-bond acceptors (Lipinski definition) is 5. The average Bonchev–Trinajstić information content (AvgIpc) is 2.45. The number of hydrogen-bond donors (Lipinski definition) is 3. The van der Waals surface area contributed by atoms with E-state index in [9.17, 15) is 21.6 Å². The quantitative estimate of drug-likeness (QED) is 0.549. The standard InChI is InChI=1S/C12H19N3O5S2/c1-2-21(17,18)15-9-12(16)14-8-7-10-3-5-11(6-4-10)22(13,19)20/h3-6,15H,2,7-9H2,1H3,(H,14,16)(H2,13,19,20). The Morgan fingerprint density at radius 2 is 1.73 bits per heavy atom. The summed E-state index contributed by atoms with van der Waals surface area (Å²) in [6, 6.07) is 5.99. The van der Waals surface area contributed by atoms with Crippen LogP contribution >= 0.6 is 0 Å². The van der Waals surface area contributed by atoms with Crippen molar-refractivity contribution in [2.75, 3.05) is 18.8 Å². The molecule has 0 saturated heterocycles. The summed E-state index contributed by atoms with van der Waals surface area (Å²) in [5.74, 6) is -0.519. The minimum absolute atomic E-state index is 0.0225. The molecule has 0 bridgehead atoms. The first-order valence-electron chi connectivity index (χ1n) is 6.50. The zero-order chi connectivity index (χ0) is 16.8. The Morgan fingerprint density at radius 1 is 1.14 bits per heavy atom. The fraction of sp³-hybridized carbons (Fsp3) is 0.417. The lowest BCUT2D eigenvalue weighted by atomic mass is 10.1. The lowest BCUT2D eigenvalue weighted by molar-refractivity contribution is -0.119. The molecule has 0 aromatic heterocycles. The van der Waals surface area contributed by atoms with Crippen molar-refractivity contribution >= 4 is 26.0 Å². The first-order valence-corrected chi connectivity index (χ1v) is 9.69. The summed E-state index contributed by atoms with van der Waals surface area (Å²) in [4.78, 5) is 11.5. The third-order valence-corrected chi connectivity index (χ3v) is 5.09. The van der Waals surface area contributed by atoms with Crippen molar-refractivity contribution in [1.29, 1.82) is 0 Å². The molecular formula is C12H19N3O5S2. The highest BCUT2D eigenvalue weighted by molar-refractivity contribution is 7.89. The lowest BCUT2D eigenvalue weighted by Crippen LogP contribution is -2.38. The largest absolute Gasteiger partial charge is 0.355 e. The summed E-state index contributed by atoms with van der Waals surface area (Å²) < 4.78 is 46.7. The Morgan fingerprint density at radius 3 is 2.23 bits per heavy atom. The van der Waals surface area contributed by atoms with Crippen molar-refractivity contribution < 1.29 is 21.6 Å². The predicted molar refractivity (Wildman–Crippen MR) is 82.0 cm³/mol. The molecule has 0 fully saturated rings. The second-order valence-corrected chi connectivity index (χ2v) is 8.17. The summed E-state index contributed by atoms with van der Waals surface area (Å²) in [6.45, 7) is 1.48. The highest BCUT2D eigenvalue weighted by Gasteiger charge is 2.09. The summed E-state index contributed by atoms with van der Waals surface area (Å²) in [7, 11) is -7.10. The molecule has 0 unspecified atom stereocenters. The number of carbonyl (C=O) groups excluding carboxylic acids is 1. The maximum Gasteiger partial charge on any atom is 0.238 e. The molecule has 124 valence electrons. The smallest absolute Gasteiger partial charge is 0.238 e. The van der Waals surface area contributed by atoms with Crippen LogP contribution in [0.15, 0.2) is 29.2 Å². The molecule has 10 heteroatoms. The van der Waals surface area contributed by atoms with E-state index >= 15 is 0 Å². The van der Waals surface area contributed by atoms with Gasteiger partial charge in [0.2, 0.25) is 26.0 Å². The molecular weight excluding hydrogens is 330 g/mol. The molecule has 0 aliphatic carbocycles. The van der Waals surface area contributed by atoms with Gasteiger partial charge in [-0.1, -0.05) is 12.1 Å². The van der Waals surface area contributed by atoms with E-state index in [2.05, 4.69) is 10.0 Å². The maximum atomic E-state index is 11.4. The topological polar surface area (TPSA) is 135 Å². The first kappa shape index (κ1) is 18.6. The van der Waals surface area contributed by atoms with E-state index in [0.29, 0.717) is 13.0 Å². The van der Waals surface area contributed by atoms with Crippen LogP contribution in [-0.4, -0.2) is 41.6 Å². The van der Waals surface area contributed by atoms with Crippen LogP contribution in [-0.2, 0) is 31.3 Å². The van der Waals surface area contributed by atoms with E-state index < -0.39 is 26.0 Å². The van der Waals surface area contributed by atoms with Crippen LogP contribution in [0.4, 0.5) is 0 Å². The van der Waals surface area contributed by atoms with Crippen LogP contribution in [0.5, 0.6) is 0 Å². The van der Waals surface area contributed by atoms with Crippen molar-refractivity contribution in [2.24, 2.45) is 5.14 Å². The molecule has 1 amide bonds. The Bertz CT molecular complexity index is 712. The highest BCUT2D eigenvalue weighted by atomic mass is 32.2. The van der Waals surface area contributed by atoms with Crippen LogP contribution in [0.3, 0.4) is 0 Å². The van der Waals surface area contributed by atoms with Gasteiger partial charge in [-0.2, -0.15) is 0 Å². The molecule has 22 heavy (non-hydrogen) atoms. The summed E-state index contributed by atoms with van der Waals surface area (Å²) in [5, 5.41) is 7.55. The van der Waals surface area contributed by atoms with E-state index in [-0.39, 0.29) is 17.2 Å². The van der Waals surface area contributed by atoms with Crippen LogP contribution in [0, 0.1) is 0 Å². The monoisotopic (exact) mass is 349 g/mol.